The Morgan fingerprint density at radius 3 is 2.65 bits per heavy atom. The summed E-state index contributed by atoms with van der Waals surface area (Å²) in [5.74, 6) is 0.674. The van der Waals surface area contributed by atoms with Crippen LogP contribution in [0, 0.1) is 10.1 Å². The summed E-state index contributed by atoms with van der Waals surface area (Å²) in [5.41, 5.74) is 0.781. The summed E-state index contributed by atoms with van der Waals surface area (Å²) >= 11 is 0. The normalized spacial score (nSPS) is 10.4. The summed E-state index contributed by atoms with van der Waals surface area (Å²) in [5, 5.41) is 11.9. The molecule has 0 aliphatic carbocycles. The molecule has 5 heteroatoms. The van der Waals surface area contributed by atoms with Gasteiger partial charge in [0.15, 0.2) is 0 Å². The number of pyridine rings is 1. The number of para-hydroxylation sites is 3. The molecule has 0 bridgehead atoms. The van der Waals surface area contributed by atoms with E-state index in [4.69, 9.17) is 4.74 Å². The van der Waals surface area contributed by atoms with E-state index < -0.39 is 4.92 Å². The largest absolute Gasteiger partial charge is 0.448 e. The predicted octanol–water partition coefficient (Wildman–Crippen LogP) is 3.94. The molecule has 5 nitrogen and oxygen atoms in total. The molecule has 0 saturated heterocycles. The van der Waals surface area contributed by atoms with Crippen LogP contribution in [-0.2, 0) is 0 Å². The van der Waals surface area contributed by atoms with Gasteiger partial charge in [-0.1, -0.05) is 30.3 Å². The summed E-state index contributed by atoms with van der Waals surface area (Å²) in [4.78, 5) is 14.7. The van der Waals surface area contributed by atoms with E-state index in [2.05, 4.69) is 4.98 Å². The molecule has 0 amide bonds. The van der Waals surface area contributed by atoms with Gasteiger partial charge in [-0.25, -0.2) is 0 Å². The van der Waals surface area contributed by atoms with Crippen molar-refractivity contribution in [3.05, 3.63) is 70.9 Å². The second-order valence-corrected chi connectivity index (χ2v) is 4.19. The van der Waals surface area contributed by atoms with Crippen LogP contribution in [0.15, 0.2) is 60.8 Å². The summed E-state index contributed by atoms with van der Waals surface area (Å²) in [6.07, 6.45) is 1.55. The van der Waals surface area contributed by atoms with Gasteiger partial charge in [0.25, 0.3) is 0 Å². The highest BCUT2D eigenvalue weighted by Gasteiger charge is 2.14. The van der Waals surface area contributed by atoms with Crippen molar-refractivity contribution >= 4 is 16.6 Å². The zero-order valence-electron chi connectivity index (χ0n) is 10.4. The average Bonchev–Trinajstić information content (AvgIpc) is 2.47. The minimum atomic E-state index is -0.468. The maximum Gasteiger partial charge on any atom is 0.311 e. The first kappa shape index (κ1) is 12.1. The Labute approximate surface area is 114 Å². The van der Waals surface area contributed by atoms with Crippen molar-refractivity contribution in [3.8, 4) is 11.5 Å². The number of nitrogens with zero attached hydrogens (tertiary/aromatic N) is 2. The van der Waals surface area contributed by atoms with Crippen molar-refractivity contribution in [2.24, 2.45) is 0 Å². The molecule has 0 saturated carbocycles. The molecule has 0 aliphatic rings. The van der Waals surface area contributed by atoms with Crippen LogP contribution in [0.25, 0.3) is 10.9 Å². The van der Waals surface area contributed by atoms with E-state index in [1.165, 1.54) is 6.07 Å². The molecule has 98 valence electrons. The Bertz CT molecular complexity index is 787. The Morgan fingerprint density at radius 1 is 1.05 bits per heavy atom. The minimum absolute atomic E-state index is 0.0688. The topological polar surface area (TPSA) is 65.3 Å². The first-order valence-electron chi connectivity index (χ1n) is 6.00. The number of hydrogen-bond donors (Lipinski definition) is 0. The summed E-state index contributed by atoms with van der Waals surface area (Å²) in [7, 11) is 0. The van der Waals surface area contributed by atoms with Crippen LogP contribution in [0.5, 0.6) is 11.5 Å². The zero-order valence-corrected chi connectivity index (χ0v) is 10.4. The lowest BCUT2D eigenvalue weighted by Gasteiger charge is -2.06. The molecule has 0 spiro atoms. The van der Waals surface area contributed by atoms with Gasteiger partial charge in [0.05, 0.1) is 16.6 Å². The number of fused-ring (bicyclic) bond motifs is 1. The molecule has 0 fully saturated rings. The van der Waals surface area contributed by atoms with E-state index in [0.29, 0.717) is 5.75 Å². The third-order valence-corrected chi connectivity index (χ3v) is 2.86. The minimum Gasteiger partial charge on any atom is -0.448 e. The van der Waals surface area contributed by atoms with Crippen molar-refractivity contribution in [2.45, 2.75) is 0 Å². The van der Waals surface area contributed by atoms with Crippen molar-refractivity contribution in [3.63, 3.8) is 0 Å². The van der Waals surface area contributed by atoms with Crippen molar-refractivity contribution < 1.29 is 9.66 Å². The van der Waals surface area contributed by atoms with Gasteiger partial charge in [-0.3, -0.25) is 15.1 Å². The lowest BCUT2D eigenvalue weighted by molar-refractivity contribution is -0.385. The Kier molecular flexibility index (Phi) is 3.01. The van der Waals surface area contributed by atoms with Crippen LogP contribution in [0.4, 0.5) is 5.69 Å². The fourth-order valence-electron chi connectivity index (χ4n) is 1.93. The number of benzene rings is 2. The van der Waals surface area contributed by atoms with Gasteiger partial charge in [0, 0.05) is 11.5 Å². The van der Waals surface area contributed by atoms with E-state index in [0.717, 1.165) is 10.9 Å². The molecular weight excluding hydrogens is 256 g/mol. The molecule has 1 aromatic heterocycles. The molecule has 3 rings (SSSR count). The Hall–Kier alpha value is -2.95. The Morgan fingerprint density at radius 2 is 1.80 bits per heavy atom. The predicted molar refractivity (Wildman–Crippen MR) is 74.9 cm³/mol. The molecule has 3 aromatic rings. The number of aromatic nitrogens is 1. The van der Waals surface area contributed by atoms with Crippen LogP contribution in [0.3, 0.4) is 0 Å². The maximum absolute atomic E-state index is 10.9. The molecule has 0 radical (unpaired) electrons. The van der Waals surface area contributed by atoms with Gasteiger partial charge >= 0.3 is 5.69 Å². The lowest BCUT2D eigenvalue weighted by atomic mass is 10.2. The zero-order chi connectivity index (χ0) is 13.9. The number of ether oxygens (including phenoxy) is 1. The Balaban J connectivity index is 1.99. The first-order valence-corrected chi connectivity index (χ1v) is 6.00. The van der Waals surface area contributed by atoms with Gasteiger partial charge < -0.3 is 4.74 Å². The number of nitro groups is 1. The summed E-state index contributed by atoms with van der Waals surface area (Å²) < 4.78 is 5.57. The highest BCUT2D eigenvalue weighted by Crippen LogP contribution is 2.31. The lowest BCUT2D eigenvalue weighted by Crippen LogP contribution is -1.93. The van der Waals surface area contributed by atoms with E-state index >= 15 is 0 Å². The third-order valence-electron chi connectivity index (χ3n) is 2.86. The third kappa shape index (κ3) is 2.29. The second kappa shape index (κ2) is 4.97. The van der Waals surface area contributed by atoms with Crippen LogP contribution in [-0.4, -0.2) is 9.91 Å². The van der Waals surface area contributed by atoms with Gasteiger partial charge in [-0.15, -0.1) is 0 Å². The quantitative estimate of drug-likeness (QED) is 0.532. The van der Waals surface area contributed by atoms with Crippen LogP contribution >= 0.6 is 0 Å². The van der Waals surface area contributed by atoms with Crippen LogP contribution in [0.2, 0.25) is 0 Å². The average molecular weight is 266 g/mol. The van der Waals surface area contributed by atoms with E-state index in [9.17, 15) is 10.1 Å². The summed E-state index contributed by atoms with van der Waals surface area (Å²) in [6, 6.07) is 15.7. The van der Waals surface area contributed by atoms with Crippen molar-refractivity contribution in [1.29, 1.82) is 0 Å². The molecule has 0 atom stereocenters. The molecule has 0 aliphatic heterocycles. The van der Waals surface area contributed by atoms with E-state index in [1.54, 1.807) is 30.5 Å². The van der Waals surface area contributed by atoms with Gasteiger partial charge in [0.1, 0.15) is 5.75 Å². The fourth-order valence-corrected chi connectivity index (χ4v) is 1.93. The maximum atomic E-state index is 10.9. The SMILES string of the molecule is O=[N+]([O-])c1ccccc1Oc1cnc2ccccc2c1. The molecular formula is C15H10N2O3. The van der Waals surface area contributed by atoms with Crippen LogP contribution in [0.1, 0.15) is 0 Å². The number of rotatable bonds is 3. The molecule has 20 heavy (non-hydrogen) atoms. The van der Waals surface area contributed by atoms with E-state index in [-0.39, 0.29) is 11.4 Å². The number of hydrogen-bond acceptors (Lipinski definition) is 4. The molecule has 2 aromatic carbocycles. The standard InChI is InChI=1S/C15H10N2O3/c18-17(19)14-7-3-4-8-15(14)20-12-9-11-5-1-2-6-13(11)16-10-12/h1-10H. The van der Waals surface area contributed by atoms with Gasteiger partial charge in [-0.2, -0.15) is 0 Å². The molecule has 1 heterocycles. The molecule has 0 unspecified atom stereocenters. The fraction of sp³-hybridized carbons (Fsp3) is 0. The monoisotopic (exact) mass is 266 g/mol. The van der Waals surface area contributed by atoms with E-state index in [1.807, 2.05) is 24.3 Å². The highest BCUT2D eigenvalue weighted by atomic mass is 16.6. The van der Waals surface area contributed by atoms with Crippen molar-refractivity contribution in [1.82, 2.24) is 4.98 Å². The van der Waals surface area contributed by atoms with Gasteiger partial charge in [0.2, 0.25) is 5.75 Å². The smallest absolute Gasteiger partial charge is 0.311 e. The summed E-state index contributed by atoms with van der Waals surface area (Å²) in [6.45, 7) is 0. The van der Waals surface area contributed by atoms with Crippen molar-refractivity contribution in [2.75, 3.05) is 0 Å². The van der Waals surface area contributed by atoms with Gasteiger partial charge in [-0.05, 0) is 18.2 Å². The first-order chi connectivity index (χ1) is 9.74. The second-order valence-electron chi connectivity index (χ2n) is 4.19. The van der Waals surface area contributed by atoms with Crippen LogP contribution < -0.4 is 4.74 Å². The highest BCUT2D eigenvalue weighted by molar-refractivity contribution is 5.79. The molecule has 0 N–H and O–H groups in total. The number of nitro benzene ring substituents is 1.